The summed E-state index contributed by atoms with van der Waals surface area (Å²) in [6, 6.07) is 9.15. The van der Waals surface area contributed by atoms with Crippen LogP contribution in [0.15, 0.2) is 42.5 Å². The third kappa shape index (κ3) is 3.53. The van der Waals surface area contributed by atoms with Gasteiger partial charge in [0.2, 0.25) is 5.91 Å². The average molecular weight is 290 g/mol. The minimum atomic E-state index is -0.711. The van der Waals surface area contributed by atoms with Crippen molar-refractivity contribution < 1.29 is 19.2 Å². The summed E-state index contributed by atoms with van der Waals surface area (Å²) in [5, 5.41) is 22.7. The molecule has 1 amide bonds. The first-order chi connectivity index (χ1) is 9.97. The fraction of sp³-hybridized carbons (Fsp3) is 0.0714. The number of carbonyl (C=O) groups is 1. The first-order valence-corrected chi connectivity index (χ1v) is 5.98. The molecule has 2 aromatic rings. The monoisotopic (exact) mass is 290 g/mol. The number of phenols is 1. The number of phenolic OH excluding ortho intramolecular Hbond substituents is 1. The summed E-state index contributed by atoms with van der Waals surface area (Å²) in [6.07, 6.45) is -0.163. The van der Waals surface area contributed by atoms with Gasteiger partial charge in [0.25, 0.3) is 5.69 Å². The number of halogens is 1. The van der Waals surface area contributed by atoms with Crippen molar-refractivity contribution in [3.63, 3.8) is 0 Å². The number of para-hydroxylation sites is 1. The van der Waals surface area contributed by atoms with Gasteiger partial charge in [0.15, 0.2) is 5.69 Å². The summed E-state index contributed by atoms with van der Waals surface area (Å²) in [4.78, 5) is 22.0. The Kier molecular flexibility index (Phi) is 4.13. The van der Waals surface area contributed by atoms with E-state index in [4.69, 9.17) is 0 Å². The quantitative estimate of drug-likeness (QED) is 0.514. The van der Waals surface area contributed by atoms with Crippen molar-refractivity contribution in [1.29, 1.82) is 0 Å². The molecule has 2 rings (SSSR count). The van der Waals surface area contributed by atoms with Crippen LogP contribution >= 0.6 is 0 Å². The lowest BCUT2D eigenvalue weighted by atomic mass is 10.1. The van der Waals surface area contributed by atoms with E-state index < -0.39 is 28.1 Å². The van der Waals surface area contributed by atoms with Crippen LogP contribution in [-0.2, 0) is 11.2 Å². The Hall–Kier alpha value is -2.96. The molecule has 21 heavy (non-hydrogen) atoms. The third-order valence-corrected chi connectivity index (χ3v) is 2.74. The van der Waals surface area contributed by atoms with Crippen LogP contribution in [0.1, 0.15) is 5.56 Å². The average Bonchev–Trinajstić information content (AvgIpc) is 2.40. The van der Waals surface area contributed by atoms with Crippen molar-refractivity contribution in [1.82, 2.24) is 0 Å². The Labute approximate surface area is 119 Å². The van der Waals surface area contributed by atoms with E-state index in [1.54, 1.807) is 6.07 Å². The molecule has 0 spiro atoms. The second-order valence-corrected chi connectivity index (χ2v) is 4.28. The molecule has 0 aliphatic rings. The molecule has 0 unspecified atom stereocenters. The molecular formula is C14H11FN2O4. The lowest BCUT2D eigenvalue weighted by Crippen LogP contribution is -2.15. The van der Waals surface area contributed by atoms with Gasteiger partial charge in [-0.15, -0.1) is 0 Å². The highest BCUT2D eigenvalue weighted by Gasteiger charge is 2.19. The van der Waals surface area contributed by atoms with Gasteiger partial charge >= 0.3 is 0 Å². The normalized spacial score (nSPS) is 10.1. The van der Waals surface area contributed by atoms with Crippen LogP contribution in [0.5, 0.6) is 5.75 Å². The molecule has 0 bridgehead atoms. The van der Waals surface area contributed by atoms with Gasteiger partial charge < -0.3 is 10.4 Å². The fourth-order valence-electron chi connectivity index (χ4n) is 1.82. The van der Waals surface area contributed by atoms with Gasteiger partial charge in [0.1, 0.15) is 11.6 Å². The summed E-state index contributed by atoms with van der Waals surface area (Å²) in [6.45, 7) is 0. The van der Waals surface area contributed by atoms with Gasteiger partial charge in [-0.2, -0.15) is 0 Å². The zero-order valence-electron chi connectivity index (χ0n) is 10.7. The maximum atomic E-state index is 13.0. The number of nitrogens with zero attached hydrogens (tertiary/aromatic N) is 1. The molecule has 0 atom stereocenters. The number of anilines is 1. The number of nitro benzene ring substituents is 1. The van der Waals surface area contributed by atoms with Gasteiger partial charge in [-0.3, -0.25) is 14.9 Å². The predicted octanol–water partition coefficient (Wildman–Crippen LogP) is 2.62. The van der Waals surface area contributed by atoms with E-state index in [0.717, 1.165) is 6.07 Å². The van der Waals surface area contributed by atoms with Gasteiger partial charge in [0.05, 0.1) is 11.3 Å². The topological polar surface area (TPSA) is 92.5 Å². The highest BCUT2D eigenvalue weighted by Crippen LogP contribution is 2.33. The molecule has 2 aromatic carbocycles. The minimum Gasteiger partial charge on any atom is -0.505 e. The molecule has 0 aliphatic carbocycles. The van der Waals surface area contributed by atoms with Crippen LogP contribution < -0.4 is 5.32 Å². The molecule has 0 aromatic heterocycles. The van der Waals surface area contributed by atoms with Gasteiger partial charge in [0, 0.05) is 6.07 Å². The van der Waals surface area contributed by atoms with Crippen LogP contribution in [-0.4, -0.2) is 15.9 Å². The van der Waals surface area contributed by atoms with Crippen LogP contribution in [0, 0.1) is 15.9 Å². The number of nitrogens with one attached hydrogen (secondary N) is 1. The number of amides is 1. The summed E-state index contributed by atoms with van der Waals surface area (Å²) in [7, 11) is 0. The first kappa shape index (κ1) is 14.4. The molecule has 0 heterocycles. The third-order valence-electron chi connectivity index (χ3n) is 2.74. The first-order valence-electron chi connectivity index (χ1n) is 5.98. The number of nitro groups is 1. The maximum Gasteiger partial charge on any atom is 0.296 e. The highest BCUT2D eigenvalue weighted by molar-refractivity contribution is 5.96. The zero-order valence-corrected chi connectivity index (χ0v) is 10.7. The van der Waals surface area contributed by atoms with Crippen LogP contribution in [0.4, 0.5) is 15.8 Å². The largest absolute Gasteiger partial charge is 0.505 e. The predicted molar refractivity (Wildman–Crippen MR) is 73.5 cm³/mol. The van der Waals surface area contributed by atoms with Gasteiger partial charge in [-0.1, -0.05) is 18.2 Å². The summed E-state index contributed by atoms with van der Waals surface area (Å²) in [5.74, 6) is -1.48. The van der Waals surface area contributed by atoms with Gasteiger partial charge in [-0.05, 0) is 23.8 Å². The smallest absolute Gasteiger partial charge is 0.296 e. The maximum absolute atomic E-state index is 13.0. The lowest BCUT2D eigenvalue weighted by Gasteiger charge is -2.08. The van der Waals surface area contributed by atoms with Crippen molar-refractivity contribution >= 4 is 17.3 Å². The molecule has 0 radical (unpaired) electrons. The summed E-state index contributed by atoms with van der Waals surface area (Å²) < 4.78 is 13.0. The summed E-state index contributed by atoms with van der Waals surface area (Å²) in [5.41, 5.74) is -0.267. The molecular weight excluding hydrogens is 279 g/mol. The Morgan fingerprint density at radius 2 is 2.00 bits per heavy atom. The van der Waals surface area contributed by atoms with E-state index >= 15 is 0 Å². The Bertz CT molecular complexity index is 703. The molecule has 7 heteroatoms. The molecule has 0 saturated heterocycles. The second kappa shape index (κ2) is 6.00. The zero-order chi connectivity index (χ0) is 15.4. The summed E-state index contributed by atoms with van der Waals surface area (Å²) >= 11 is 0. The Balaban J connectivity index is 2.18. The molecule has 0 aliphatic heterocycles. The fourth-order valence-corrected chi connectivity index (χ4v) is 1.82. The number of aromatic hydroxyl groups is 1. The van der Waals surface area contributed by atoms with Crippen LogP contribution in [0.3, 0.4) is 0 Å². The number of benzene rings is 2. The van der Waals surface area contributed by atoms with E-state index in [1.807, 2.05) is 0 Å². The SMILES string of the molecule is O=C(Cc1cccc(F)c1)Nc1c(O)cccc1[N+](=O)[O-]. The second-order valence-electron chi connectivity index (χ2n) is 4.28. The van der Waals surface area contributed by atoms with E-state index in [2.05, 4.69) is 5.32 Å². The van der Waals surface area contributed by atoms with Crippen molar-refractivity contribution in [2.75, 3.05) is 5.32 Å². The molecule has 108 valence electrons. The van der Waals surface area contributed by atoms with E-state index in [1.165, 1.54) is 30.3 Å². The van der Waals surface area contributed by atoms with Crippen molar-refractivity contribution in [3.05, 3.63) is 64.0 Å². The number of carbonyl (C=O) groups excluding carboxylic acids is 1. The van der Waals surface area contributed by atoms with Crippen molar-refractivity contribution in [3.8, 4) is 5.75 Å². The molecule has 6 nitrogen and oxygen atoms in total. The molecule has 0 saturated carbocycles. The Morgan fingerprint density at radius 3 is 2.67 bits per heavy atom. The van der Waals surface area contributed by atoms with Crippen molar-refractivity contribution in [2.45, 2.75) is 6.42 Å². The van der Waals surface area contributed by atoms with E-state index in [-0.39, 0.29) is 12.1 Å². The number of rotatable bonds is 4. The minimum absolute atomic E-state index is 0.163. The Morgan fingerprint density at radius 1 is 1.29 bits per heavy atom. The number of hydrogen-bond donors (Lipinski definition) is 2. The van der Waals surface area contributed by atoms with E-state index in [9.17, 15) is 24.4 Å². The number of hydrogen-bond acceptors (Lipinski definition) is 4. The highest BCUT2D eigenvalue weighted by atomic mass is 19.1. The van der Waals surface area contributed by atoms with E-state index in [0.29, 0.717) is 5.56 Å². The van der Waals surface area contributed by atoms with Crippen LogP contribution in [0.25, 0.3) is 0 Å². The lowest BCUT2D eigenvalue weighted by molar-refractivity contribution is -0.384. The molecule has 2 N–H and O–H groups in total. The standard InChI is InChI=1S/C14H11FN2O4/c15-10-4-1-3-9(7-10)8-13(19)16-14-11(17(20)21)5-2-6-12(14)18/h1-7,18H,8H2,(H,16,19). The molecule has 0 fully saturated rings. The van der Waals surface area contributed by atoms with Crippen molar-refractivity contribution in [2.24, 2.45) is 0 Å². The van der Waals surface area contributed by atoms with Crippen LogP contribution in [0.2, 0.25) is 0 Å². The van der Waals surface area contributed by atoms with Gasteiger partial charge in [-0.25, -0.2) is 4.39 Å².